The maximum absolute atomic E-state index is 9.74. The zero-order valence-corrected chi connectivity index (χ0v) is 7.65. The predicted molar refractivity (Wildman–Crippen MR) is 48.2 cm³/mol. The topological polar surface area (TPSA) is 36.0 Å². The van der Waals surface area contributed by atoms with Gasteiger partial charge in [0, 0.05) is 18.3 Å². The largest absolute Gasteiger partial charge is 0.390 e. The Balaban J connectivity index is 2.21. The molecule has 1 aromatic rings. The molecule has 0 spiro atoms. The SMILES string of the molecule is Cc1c[nH]c(C)c1CC1(O)CC1. The Hall–Kier alpha value is -0.760. The van der Waals surface area contributed by atoms with E-state index in [1.54, 1.807) is 0 Å². The smallest absolute Gasteiger partial charge is 0.0690 e. The quantitative estimate of drug-likeness (QED) is 0.687. The highest BCUT2D eigenvalue weighted by Gasteiger charge is 2.40. The zero-order chi connectivity index (χ0) is 8.77. The lowest BCUT2D eigenvalue weighted by Crippen LogP contribution is -2.11. The summed E-state index contributed by atoms with van der Waals surface area (Å²) in [5, 5.41) is 9.74. The van der Waals surface area contributed by atoms with Gasteiger partial charge in [-0.25, -0.2) is 0 Å². The molecular weight excluding hydrogens is 150 g/mol. The van der Waals surface area contributed by atoms with Gasteiger partial charge in [-0.1, -0.05) is 0 Å². The summed E-state index contributed by atoms with van der Waals surface area (Å²) in [4.78, 5) is 3.18. The lowest BCUT2D eigenvalue weighted by molar-refractivity contribution is 0.150. The van der Waals surface area contributed by atoms with Crippen LogP contribution in [0.3, 0.4) is 0 Å². The highest BCUT2D eigenvalue weighted by Crippen LogP contribution is 2.39. The Labute approximate surface area is 72.6 Å². The van der Waals surface area contributed by atoms with E-state index < -0.39 is 0 Å². The van der Waals surface area contributed by atoms with E-state index in [0.717, 1.165) is 19.3 Å². The minimum Gasteiger partial charge on any atom is -0.390 e. The first kappa shape index (κ1) is 7.87. The van der Waals surface area contributed by atoms with E-state index in [4.69, 9.17) is 0 Å². The molecule has 0 unspecified atom stereocenters. The van der Waals surface area contributed by atoms with Crippen molar-refractivity contribution in [2.75, 3.05) is 0 Å². The monoisotopic (exact) mass is 165 g/mol. The van der Waals surface area contributed by atoms with Crippen molar-refractivity contribution in [2.45, 2.75) is 38.7 Å². The summed E-state index contributed by atoms with van der Waals surface area (Å²) in [6.07, 6.45) is 4.78. The van der Waals surface area contributed by atoms with E-state index in [0.29, 0.717) is 0 Å². The van der Waals surface area contributed by atoms with E-state index in [1.807, 2.05) is 6.20 Å². The number of H-pyrrole nitrogens is 1. The standard InChI is InChI=1S/C10H15NO/c1-7-6-11-8(2)9(7)5-10(12)3-4-10/h6,11-12H,3-5H2,1-2H3. The summed E-state index contributed by atoms with van der Waals surface area (Å²) in [5.74, 6) is 0. The van der Waals surface area contributed by atoms with E-state index in [-0.39, 0.29) is 5.60 Å². The number of nitrogens with one attached hydrogen (secondary N) is 1. The lowest BCUT2D eigenvalue weighted by atomic mass is 10.0. The number of hydrogen-bond donors (Lipinski definition) is 2. The van der Waals surface area contributed by atoms with Crippen LogP contribution in [0.1, 0.15) is 29.7 Å². The van der Waals surface area contributed by atoms with Crippen LogP contribution in [0, 0.1) is 13.8 Å². The molecule has 1 aliphatic carbocycles. The van der Waals surface area contributed by atoms with Gasteiger partial charge in [-0.2, -0.15) is 0 Å². The van der Waals surface area contributed by atoms with Gasteiger partial charge in [-0.15, -0.1) is 0 Å². The summed E-state index contributed by atoms with van der Waals surface area (Å²) in [6.45, 7) is 4.15. The van der Waals surface area contributed by atoms with Crippen molar-refractivity contribution in [3.63, 3.8) is 0 Å². The zero-order valence-electron chi connectivity index (χ0n) is 7.65. The molecule has 0 saturated heterocycles. The van der Waals surface area contributed by atoms with Crippen LogP contribution in [0.5, 0.6) is 0 Å². The molecule has 0 amide bonds. The average molecular weight is 165 g/mol. The van der Waals surface area contributed by atoms with Gasteiger partial charge in [0.05, 0.1) is 5.60 Å². The minimum atomic E-state index is -0.363. The molecule has 2 rings (SSSR count). The van der Waals surface area contributed by atoms with Gasteiger partial charge < -0.3 is 10.1 Å². The number of aryl methyl sites for hydroxylation is 2. The second-order valence-corrected chi connectivity index (χ2v) is 3.98. The van der Waals surface area contributed by atoms with Crippen molar-refractivity contribution >= 4 is 0 Å². The average Bonchev–Trinajstić information content (AvgIpc) is 2.67. The molecule has 1 aromatic heterocycles. The van der Waals surface area contributed by atoms with Crippen LogP contribution in [0.4, 0.5) is 0 Å². The number of hydrogen-bond acceptors (Lipinski definition) is 1. The highest BCUT2D eigenvalue weighted by molar-refractivity contribution is 5.31. The summed E-state index contributed by atoms with van der Waals surface area (Å²) < 4.78 is 0. The Kier molecular flexibility index (Phi) is 1.55. The molecule has 1 saturated carbocycles. The van der Waals surface area contributed by atoms with Crippen LogP contribution in [-0.2, 0) is 6.42 Å². The Morgan fingerprint density at radius 3 is 2.58 bits per heavy atom. The number of aromatic amines is 1. The van der Waals surface area contributed by atoms with E-state index in [9.17, 15) is 5.11 Å². The van der Waals surface area contributed by atoms with E-state index in [2.05, 4.69) is 18.8 Å². The van der Waals surface area contributed by atoms with Crippen molar-refractivity contribution in [3.05, 3.63) is 23.0 Å². The van der Waals surface area contributed by atoms with Crippen LogP contribution in [0.15, 0.2) is 6.20 Å². The molecule has 0 radical (unpaired) electrons. The van der Waals surface area contributed by atoms with Gasteiger partial charge >= 0.3 is 0 Å². The molecule has 1 heterocycles. The molecule has 1 fully saturated rings. The van der Waals surface area contributed by atoms with Crippen LogP contribution in [0.2, 0.25) is 0 Å². The van der Waals surface area contributed by atoms with Crippen molar-refractivity contribution in [2.24, 2.45) is 0 Å². The van der Waals surface area contributed by atoms with E-state index >= 15 is 0 Å². The molecule has 1 aliphatic rings. The first-order valence-electron chi connectivity index (χ1n) is 4.47. The fourth-order valence-electron chi connectivity index (χ4n) is 1.61. The molecule has 0 atom stereocenters. The molecular formula is C10H15NO. The molecule has 12 heavy (non-hydrogen) atoms. The fourth-order valence-corrected chi connectivity index (χ4v) is 1.61. The summed E-state index contributed by atoms with van der Waals surface area (Å²) in [6, 6.07) is 0. The maximum atomic E-state index is 9.74. The van der Waals surface area contributed by atoms with Crippen molar-refractivity contribution in [1.82, 2.24) is 4.98 Å². The normalized spacial score (nSPS) is 19.6. The van der Waals surface area contributed by atoms with Crippen LogP contribution >= 0.6 is 0 Å². The number of aliphatic hydroxyl groups is 1. The molecule has 66 valence electrons. The van der Waals surface area contributed by atoms with Gasteiger partial charge in [-0.05, 0) is 37.8 Å². The number of aromatic nitrogens is 1. The van der Waals surface area contributed by atoms with Gasteiger partial charge in [0.1, 0.15) is 0 Å². The Bertz CT molecular complexity index is 277. The summed E-state index contributed by atoms with van der Waals surface area (Å²) in [5.41, 5.74) is 3.41. The van der Waals surface area contributed by atoms with Gasteiger partial charge in [-0.3, -0.25) is 0 Å². The number of rotatable bonds is 2. The molecule has 2 N–H and O–H groups in total. The van der Waals surface area contributed by atoms with Crippen molar-refractivity contribution in [3.8, 4) is 0 Å². The second-order valence-electron chi connectivity index (χ2n) is 3.98. The van der Waals surface area contributed by atoms with Gasteiger partial charge in [0.25, 0.3) is 0 Å². The molecule has 0 aliphatic heterocycles. The molecule has 2 nitrogen and oxygen atoms in total. The minimum absolute atomic E-state index is 0.363. The predicted octanol–water partition coefficient (Wildman–Crippen LogP) is 1.70. The third kappa shape index (κ3) is 1.27. The van der Waals surface area contributed by atoms with Gasteiger partial charge in [0.15, 0.2) is 0 Å². The van der Waals surface area contributed by atoms with Gasteiger partial charge in [0.2, 0.25) is 0 Å². The highest BCUT2D eigenvalue weighted by atomic mass is 16.3. The van der Waals surface area contributed by atoms with E-state index in [1.165, 1.54) is 16.8 Å². The van der Waals surface area contributed by atoms with Crippen molar-refractivity contribution in [1.29, 1.82) is 0 Å². The first-order chi connectivity index (χ1) is 5.61. The summed E-state index contributed by atoms with van der Waals surface area (Å²) >= 11 is 0. The Morgan fingerprint density at radius 1 is 1.50 bits per heavy atom. The molecule has 0 bridgehead atoms. The Morgan fingerprint density at radius 2 is 2.17 bits per heavy atom. The van der Waals surface area contributed by atoms with Crippen LogP contribution in [-0.4, -0.2) is 15.7 Å². The maximum Gasteiger partial charge on any atom is 0.0690 e. The lowest BCUT2D eigenvalue weighted by Gasteiger charge is -2.07. The third-order valence-corrected chi connectivity index (χ3v) is 2.77. The second kappa shape index (κ2) is 2.36. The first-order valence-corrected chi connectivity index (χ1v) is 4.47. The summed E-state index contributed by atoms with van der Waals surface area (Å²) in [7, 11) is 0. The molecule has 2 heteroatoms. The fraction of sp³-hybridized carbons (Fsp3) is 0.600. The molecule has 0 aromatic carbocycles. The van der Waals surface area contributed by atoms with Crippen LogP contribution in [0.25, 0.3) is 0 Å². The van der Waals surface area contributed by atoms with Crippen molar-refractivity contribution < 1.29 is 5.11 Å². The van der Waals surface area contributed by atoms with Crippen LogP contribution < -0.4 is 0 Å². The third-order valence-electron chi connectivity index (χ3n) is 2.77.